The van der Waals surface area contributed by atoms with Gasteiger partial charge in [0.15, 0.2) is 0 Å². The van der Waals surface area contributed by atoms with Crippen molar-refractivity contribution in [1.82, 2.24) is 5.32 Å². The molecule has 0 fully saturated rings. The highest BCUT2D eigenvalue weighted by Gasteiger charge is 2.34. The van der Waals surface area contributed by atoms with E-state index < -0.39 is 28.7 Å². The number of carbonyl (C=O) groups excluding carboxylic acids is 1. The first-order valence-electron chi connectivity index (χ1n) is 7.54. The first kappa shape index (κ1) is 15.6. The highest BCUT2D eigenvalue weighted by Crippen LogP contribution is 2.34. The number of aryl methyl sites for hydroxylation is 1. The average Bonchev–Trinajstić information content (AvgIpc) is 2.53. The van der Waals surface area contributed by atoms with Gasteiger partial charge in [-0.1, -0.05) is 30.3 Å². The molecule has 2 aromatic rings. The summed E-state index contributed by atoms with van der Waals surface area (Å²) in [4.78, 5) is 12.1. The van der Waals surface area contributed by atoms with Crippen LogP contribution in [0.1, 0.15) is 34.3 Å². The molecule has 1 atom stereocenters. The van der Waals surface area contributed by atoms with Crippen LogP contribution in [0.2, 0.25) is 0 Å². The van der Waals surface area contributed by atoms with E-state index in [0.717, 1.165) is 36.1 Å². The third-order valence-corrected chi connectivity index (χ3v) is 4.29. The Balaban J connectivity index is 1.80. The van der Waals surface area contributed by atoms with E-state index in [1.807, 2.05) is 24.3 Å². The Hall–Kier alpha value is -2.27. The predicted octanol–water partition coefficient (Wildman–Crippen LogP) is 2.92. The van der Waals surface area contributed by atoms with Gasteiger partial charge in [-0.25, -0.2) is 8.78 Å². The quantitative estimate of drug-likeness (QED) is 0.914. The second-order valence-electron chi connectivity index (χ2n) is 5.82. The minimum absolute atomic E-state index is 0.0867. The van der Waals surface area contributed by atoms with Crippen LogP contribution in [-0.2, 0) is 12.0 Å². The Morgan fingerprint density at radius 3 is 2.57 bits per heavy atom. The third-order valence-electron chi connectivity index (χ3n) is 4.29. The van der Waals surface area contributed by atoms with Gasteiger partial charge in [0.1, 0.15) is 22.8 Å². The standard InChI is InChI=1S/C18H17F2NO2/c19-14-8-3-9-15(20)16(14)17(22)21-11-18(23)10-4-6-12-5-1-2-7-13(12)18/h1-3,5,7-9,23H,4,6,10-11H2,(H,21,22). The number of amides is 1. The maximum absolute atomic E-state index is 13.6. The minimum atomic E-state index is -1.22. The predicted molar refractivity (Wildman–Crippen MR) is 82.0 cm³/mol. The number of fused-ring (bicyclic) bond motifs is 1. The summed E-state index contributed by atoms with van der Waals surface area (Å²) in [5.74, 6) is -2.70. The molecule has 0 spiro atoms. The Morgan fingerprint density at radius 2 is 1.83 bits per heavy atom. The lowest BCUT2D eigenvalue weighted by atomic mass is 9.79. The lowest BCUT2D eigenvalue weighted by Crippen LogP contribution is -2.43. The van der Waals surface area contributed by atoms with Gasteiger partial charge in [0.05, 0.1) is 6.54 Å². The van der Waals surface area contributed by atoms with Crippen molar-refractivity contribution in [2.75, 3.05) is 6.54 Å². The average molecular weight is 317 g/mol. The number of hydrogen-bond acceptors (Lipinski definition) is 2. The SMILES string of the molecule is O=C(NCC1(O)CCCc2ccccc21)c1c(F)cccc1F. The Bertz CT molecular complexity index is 727. The van der Waals surface area contributed by atoms with E-state index in [1.165, 1.54) is 6.07 Å². The van der Waals surface area contributed by atoms with Crippen molar-refractivity contribution in [3.05, 3.63) is 70.8 Å². The van der Waals surface area contributed by atoms with E-state index in [4.69, 9.17) is 0 Å². The second-order valence-corrected chi connectivity index (χ2v) is 5.82. The van der Waals surface area contributed by atoms with Crippen molar-refractivity contribution < 1.29 is 18.7 Å². The summed E-state index contributed by atoms with van der Waals surface area (Å²) in [5, 5.41) is 13.3. The van der Waals surface area contributed by atoms with Crippen LogP contribution in [0.3, 0.4) is 0 Å². The Kier molecular flexibility index (Phi) is 4.13. The van der Waals surface area contributed by atoms with Gasteiger partial charge in [-0.15, -0.1) is 0 Å². The summed E-state index contributed by atoms with van der Waals surface area (Å²) < 4.78 is 27.3. The molecule has 3 rings (SSSR count). The smallest absolute Gasteiger partial charge is 0.257 e. The maximum Gasteiger partial charge on any atom is 0.257 e. The van der Waals surface area contributed by atoms with Gasteiger partial charge < -0.3 is 10.4 Å². The number of benzene rings is 2. The van der Waals surface area contributed by atoms with Gasteiger partial charge in [-0.2, -0.15) is 0 Å². The van der Waals surface area contributed by atoms with E-state index in [1.54, 1.807) is 0 Å². The Morgan fingerprint density at radius 1 is 1.13 bits per heavy atom. The molecular weight excluding hydrogens is 300 g/mol. The molecule has 0 heterocycles. The summed E-state index contributed by atoms with van der Waals surface area (Å²) in [6, 6.07) is 10.8. The van der Waals surface area contributed by atoms with E-state index in [9.17, 15) is 18.7 Å². The summed E-state index contributed by atoms with van der Waals surface area (Å²) in [7, 11) is 0. The third kappa shape index (κ3) is 2.97. The lowest BCUT2D eigenvalue weighted by molar-refractivity contribution is 0.0188. The highest BCUT2D eigenvalue weighted by atomic mass is 19.1. The molecule has 3 nitrogen and oxygen atoms in total. The molecule has 2 aromatic carbocycles. The number of halogens is 2. The fourth-order valence-electron chi connectivity index (χ4n) is 3.11. The van der Waals surface area contributed by atoms with Crippen LogP contribution in [0.25, 0.3) is 0 Å². The van der Waals surface area contributed by atoms with Gasteiger partial charge in [0, 0.05) is 0 Å². The van der Waals surface area contributed by atoms with Crippen LogP contribution in [-0.4, -0.2) is 17.6 Å². The number of hydrogen-bond donors (Lipinski definition) is 2. The fraction of sp³-hybridized carbons (Fsp3) is 0.278. The lowest BCUT2D eigenvalue weighted by Gasteiger charge is -2.34. The minimum Gasteiger partial charge on any atom is -0.383 e. The van der Waals surface area contributed by atoms with Crippen LogP contribution in [0.5, 0.6) is 0 Å². The van der Waals surface area contributed by atoms with E-state index in [0.29, 0.717) is 6.42 Å². The molecule has 0 saturated carbocycles. The van der Waals surface area contributed by atoms with Crippen LogP contribution in [0.15, 0.2) is 42.5 Å². The van der Waals surface area contributed by atoms with Crippen LogP contribution in [0, 0.1) is 11.6 Å². The van der Waals surface area contributed by atoms with E-state index in [-0.39, 0.29) is 6.54 Å². The molecule has 0 aromatic heterocycles. The zero-order chi connectivity index (χ0) is 16.4. The molecule has 1 unspecified atom stereocenters. The van der Waals surface area contributed by atoms with Gasteiger partial charge in [-0.3, -0.25) is 4.79 Å². The Labute approximate surface area is 133 Å². The van der Waals surface area contributed by atoms with Gasteiger partial charge in [0.25, 0.3) is 5.91 Å². The zero-order valence-corrected chi connectivity index (χ0v) is 12.5. The van der Waals surface area contributed by atoms with Crippen molar-refractivity contribution >= 4 is 5.91 Å². The fourth-order valence-corrected chi connectivity index (χ4v) is 3.11. The maximum atomic E-state index is 13.6. The molecule has 0 saturated heterocycles. The summed E-state index contributed by atoms with van der Waals surface area (Å²) >= 11 is 0. The summed E-state index contributed by atoms with van der Waals surface area (Å²) in [6.45, 7) is -0.0867. The summed E-state index contributed by atoms with van der Waals surface area (Å²) in [6.07, 6.45) is 2.15. The van der Waals surface area contributed by atoms with Crippen LogP contribution >= 0.6 is 0 Å². The monoisotopic (exact) mass is 317 g/mol. The van der Waals surface area contributed by atoms with Crippen molar-refractivity contribution in [2.45, 2.75) is 24.9 Å². The first-order chi connectivity index (χ1) is 11.0. The molecular formula is C18H17F2NO2. The van der Waals surface area contributed by atoms with Gasteiger partial charge in [0.2, 0.25) is 0 Å². The highest BCUT2D eigenvalue weighted by molar-refractivity contribution is 5.94. The number of rotatable bonds is 3. The molecule has 0 aliphatic heterocycles. The normalized spacial score (nSPS) is 20.0. The van der Waals surface area contributed by atoms with Crippen LogP contribution in [0.4, 0.5) is 8.78 Å². The number of nitrogens with one attached hydrogen (secondary N) is 1. The molecule has 23 heavy (non-hydrogen) atoms. The molecule has 0 bridgehead atoms. The topological polar surface area (TPSA) is 49.3 Å². The molecule has 120 valence electrons. The molecule has 0 radical (unpaired) electrons. The first-order valence-corrected chi connectivity index (χ1v) is 7.54. The van der Waals surface area contributed by atoms with Gasteiger partial charge >= 0.3 is 0 Å². The number of aliphatic hydroxyl groups is 1. The molecule has 5 heteroatoms. The zero-order valence-electron chi connectivity index (χ0n) is 12.5. The van der Waals surface area contributed by atoms with Gasteiger partial charge in [-0.05, 0) is 42.5 Å². The van der Waals surface area contributed by atoms with Crippen molar-refractivity contribution in [3.63, 3.8) is 0 Å². The van der Waals surface area contributed by atoms with Crippen molar-refractivity contribution in [2.24, 2.45) is 0 Å². The summed E-state index contributed by atoms with van der Waals surface area (Å²) in [5.41, 5.74) is -0.0417. The second kappa shape index (κ2) is 6.08. The molecule has 1 amide bonds. The molecule has 1 aliphatic carbocycles. The largest absolute Gasteiger partial charge is 0.383 e. The molecule has 1 aliphatic rings. The van der Waals surface area contributed by atoms with Crippen molar-refractivity contribution in [1.29, 1.82) is 0 Å². The van der Waals surface area contributed by atoms with E-state index in [2.05, 4.69) is 5.32 Å². The van der Waals surface area contributed by atoms with Crippen LogP contribution < -0.4 is 5.32 Å². The van der Waals surface area contributed by atoms with E-state index >= 15 is 0 Å². The molecule has 2 N–H and O–H groups in total. The number of carbonyl (C=O) groups is 1. The van der Waals surface area contributed by atoms with Crippen molar-refractivity contribution in [3.8, 4) is 0 Å².